The molecule has 0 bridgehead atoms. The van der Waals surface area contributed by atoms with Crippen molar-refractivity contribution < 1.29 is 4.74 Å². The van der Waals surface area contributed by atoms with E-state index in [4.69, 9.17) is 10.5 Å². The molecule has 0 amide bonds. The van der Waals surface area contributed by atoms with Crippen molar-refractivity contribution in [1.82, 2.24) is 4.90 Å². The van der Waals surface area contributed by atoms with E-state index in [1.54, 1.807) is 0 Å². The van der Waals surface area contributed by atoms with E-state index in [1.807, 2.05) is 0 Å². The summed E-state index contributed by atoms with van der Waals surface area (Å²) >= 11 is 0. The van der Waals surface area contributed by atoms with Gasteiger partial charge in [-0.15, -0.1) is 0 Å². The molecule has 0 spiro atoms. The zero-order valence-corrected chi connectivity index (χ0v) is 10.2. The molecule has 1 aliphatic rings. The van der Waals surface area contributed by atoms with Crippen molar-refractivity contribution in [3.05, 3.63) is 0 Å². The first-order chi connectivity index (χ1) is 7.26. The van der Waals surface area contributed by atoms with Gasteiger partial charge in [-0.1, -0.05) is 13.8 Å². The minimum absolute atomic E-state index is 0.329. The Kier molecular flexibility index (Phi) is 6.22. The maximum absolute atomic E-state index is 5.97. The normalized spacial score (nSPS) is 25.4. The SMILES string of the molecule is CCCOC1CCCN(CC(N)CC)C1. The zero-order chi connectivity index (χ0) is 11.1. The fraction of sp³-hybridized carbons (Fsp3) is 1.00. The third-order valence-electron chi connectivity index (χ3n) is 3.04. The molecule has 2 N–H and O–H groups in total. The molecule has 3 heteroatoms. The van der Waals surface area contributed by atoms with Gasteiger partial charge in [0.15, 0.2) is 0 Å². The van der Waals surface area contributed by atoms with Crippen molar-refractivity contribution in [2.75, 3.05) is 26.2 Å². The van der Waals surface area contributed by atoms with E-state index < -0.39 is 0 Å². The predicted molar refractivity (Wildman–Crippen MR) is 64.0 cm³/mol. The van der Waals surface area contributed by atoms with Gasteiger partial charge in [-0.3, -0.25) is 4.90 Å². The molecule has 1 fully saturated rings. The molecule has 15 heavy (non-hydrogen) atoms. The summed E-state index contributed by atoms with van der Waals surface area (Å²) in [6.45, 7) is 8.52. The molecule has 2 atom stereocenters. The lowest BCUT2D eigenvalue weighted by Gasteiger charge is -2.33. The fourth-order valence-electron chi connectivity index (χ4n) is 2.06. The number of likely N-dealkylation sites (tertiary alicyclic amines) is 1. The molecule has 3 nitrogen and oxygen atoms in total. The maximum Gasteiger partial charge on any atom is 0.0702 e. The summed E-state index contributed by atoms with van der Waals surface area (Å²) < 4.78 is 5.80. The largest absolute Gasteiger partial charge is 0.377 e. The first kappa shape index (κ1) is 12.9. The van der Waals surface area contributed by atoms with E-state index in [0.29, 0.717) is 12.1 Å². The number of piperidine rings is 1. The molecule has 2 unspecified atom stereocenters. The molecule has 0 saturated carbocycles. The van der Waals surface area contributed by atoms with Gasteiger partial charge in [0.05, 0.1) is 6.10 Å². The molecule has 1 rings (SSSR count). The molecule has 0 aromatic rings. The molecular weight excluding hydrogens is 188 g/mol. The molecule has 1 heterocycles. The number of hydrogen-bond acceptors (Lipinski definition) is 3. The van der Waals surface area contributed by atoms with Crippen LogP contribution in [0.5, 0.6) is 0 Å². The highest BCUT2D eigenvalue weighted by Gasteiger charge is 2.20. The smallest absolute Gasteiger partial charge is 0.0702 e. The van der Waals surface area contributed by atoms with Crippen molar-refractivity contribution in [3.63, 3.8) is 0 Å². The fourth-order valence-corrected chi connectivity index (χ4v) is 2.06. The Bertz CT molecular complexity index is 164. The van der Waals surface area contributed by atoms with Gasteiger partial charge in [0.25, 0.3) is 0 Å². The third kappa shape index (κ3) is 4.96. The van der Waals surface area contributed by atoms with Crippen LogP contribution >= 0.6 is 0 Å². The van der Waals surface area contributed by atoms with Crippen LogP contribution in [0.25, 0.3) is 0 Å². The molecule has 1 aliphatic heterocycles. The first-order valence-electron chi connectivity index (χ1n) is 6.35. The average Bonchev–Trinajstić information content (AvgIpc) is 2.26. The first-order valence-corrected chi connectivity index (χ1v) is 6.35. The van der Waals surface area contributed by atoms with E-state index in [1.165, 1.54) is 19.4 Å². The molecule has 90 valence electrons. The second-order valence-corrected chi connectivity index (χ2v) is 4.56. The van der Waals surface area contributed by atoms with Crippen LogP contribution in [0.15, 0.2) is 0 Å². The minimum Gasteiger partial charge on any atom is -0.377 e. The maximum atomic E-state index is 5.97. The monoisotopic (exact) mass is 214 g/mol. The Morgan fingerprint density at radius 3 is 2.93 bits per heavy atom. The van der Waals surface area contributed by atoms with Crippen molar-refractivity contribution in [2.24, 2.45) is 5.73 Å². The number of nitrogens with two attached hydrogens (primary N) is 1. The second kappa shape index (κ2) is 7.20. The van der Waals surface area contributed by atoms with Crippen LogP contribution in [-0.4, -0.2) is 43.3 Å². The van der Waals surface area contributed by atoms with Crippen LogP contribution in [0.3, 0.4) is 0 Å². The Labute approximate surface area is 94.0 Å². The standard InChI is InChI=1S/C12H26N2O/c1-3-8-15-12-6-5-7-14(10-12)9-11(13)4-2/h11-12H,3-10,13H2,1-2H3. The quantitative estimate of drug-likeness (QED) is 0.730. The summed E-state index contributed by atoms with van der Waals surface area (Å²) in [5.74, 6) is 0. The van der Waals surface area contributed by atoms with Gasteiger partial charge in [-0.25, -0.2) is 0 Å². The van der Waals surface area contributed by atoms with Crippen LogP contribution in [0.1, 0.15) is 39.5 Å². The predicted octanol–water partition coefficient (Wildman–Crippen LogP) is 1.61. The minimum atomic E-state index is 0.329. The van der Waals surface area contributed by atoms with Crippen LogP contribution in [-0.2, 0) is 4.74 Å². The van der Waals surface area contributed by atoms with Gasteiger partial charge < -0.3 is 10.5 Å². The molecule has 0 aromatic heterocycles. The van der Waals surface area contributed by atoms with Crippen LogP contribution in [0.2, 0.25) is 0 Å². The van der Waals surface area contributed by atoms with E-state index in [2.05, 4.69) is 18.7 Å². The van der Waals surface area contributed by atoms with Gasteiger partial charge >= 0.3 is 0 Å². The topological polar surface area (TPSA) is 38.5 Å². The van der Waals surface area contributed by atoms with Gasteiger partial charge in [0.2, 0.25) is 0 Å². The summed E-state index contributed by atoms with van der Waals surface area (Å²) in [7, 11) is 0. The van der Waals surface area contributed by atoms with Gasteiger partial charge in [0.1, 0.15) is 0 Å². The van der Waals surface area contributed by atoms with Crippen molar-refractivity contribution in [2.45, 2.75) is 51.7 Å². The lowest BCUT2D eigenvalue weighted by Crippen LogP contribution is -2.45. The summed E-state index contributed by atoms with van der Waals surface area (Å²) in [5.41, 5.74) is 5.97. The van der Waals surface area contributed by atoms with E-state index in [9.17, 15) is 0 Å². The Morgan fingerprint density at radius 2 is 2.27 bits per heavy atom. The zero-order valence-electron chi connectivity index (χ0n) is 10.2. The molecule has 0 radical (unpaired) electrons. The number of rotatable bonds is 6. The van der Waals surface area contributed by atoms with Gasteiger partial charge in [-0.05, 0) is 32.2 Å². The number of ether oxygens (including phenoxy) is 1. The van der Waals surface area contributed by atoms with E-state index in [-0.39, 0.29) is 0 Å². The van der Waals surface area contributed by atoms with Crippen LogP contribution in [0, 0.1) is 0 Å². The second-order valence-electron chi connectivity index (χ2n) is 4.56. The Balaban J connectivity index is 2.22. The van der Waals surface area contributed by atoms with Crippen molar-refractivity contribution in [1.29, 1.82) is 0 Å². The summed E-state index contributed by atoms with van der Waals surface area (Å²) in [6, 6.07) is 0.329. The molecular formula is C12H26N2O. The Hall–Kier alpha value is -0.120. The number of hydrogen-bond donors (Lipinski definition) is 1. The molecule has 0 aliphatic carbocycles. The number of nitrogens with zero attached hydrogens (tertiary/aromatic N) is 1. The molecule has 1 saturated heterocycles. The van der Waals surface area contributed by atoms with Gasteiger partial charge in [0, 0.05) is 25.7 Å². The summed E-state index contributed by atoms with van der Waals surface area (Å²) in [5, 5.41) is 0. The lowest BCUT2D eigenvalue weighted by molar-refractivity contribution is -0.00138. The Morgan fingerprint density at radius 1 is 1.47 bits per heavy atom. The van der Waals surface area contributed by atoms with Crippen molar-refractivity contribution >= 4 is 0 Å². The highest BCUT2D eigenvalue weighted by atomic mass is 16.5. The highest BCUT2D eigenvalue weighted by molar-refractivity contribution is 4.76. The van der Waals surface area contributed by atoms with Crippen molar-refractivity contribution in [3.8, 4) is 0 Å². The summed E-state index contributed by atoms with van der Waals surface area (Å²) in [4.78, 5) is 2.46. The average molecular weight is 214 g/mol. The van der Waals surface area contributed by atoms with Crippen LogP contribution < -0.4 is 5.73 Å². The molecule has 0 aromatic carbocycles. The van der Waals surface area contributed by atoms with E-state index in [0.717, 1.165) is 32.5 Å². The summed E-state index contributed by atoms with van der Waals surface area (Å²) in [6.07, 6.45) is 5.10. The lowest BCUT2D eigenvalue weighted by atomic mass is 10.1. The highest BCUT2D eigenvalue weighted by Crippen LogP contribution is 2.13. The third-order valence-corrected chi connectivity index (χ3v) is 3.04. The van der Waals surface area contributed by atoms with E-state index >= 15 is 0 Å². The van der Waals surface area contributed by atoms with Crippen LogP contribution in [0.4, 0.5) is 0 Å². The van der Waals surface area contributed by atoms with Gasteiger partial charge in [-0.2, -0.15) is 0 Å².